The van der Waals surface area contributed by atoms with Crippen molar-refractivity contribution in [1.29, 1.82) is 0 Å². The van der Waals surface area contributed by atoms with Gasteiger partial charge >= 0.3 is 5.97 Å². The minimum Gasteiger partial charge on any atom is -0.481 e. The predicted molar refractivity (Wildman–Crippen MR) is 70.6 cm³/mol. The van der Waals surface area contributed by atoms with E-state index in [1.165, 1.54) is 25.2 Å². The SMILES string of the molecule is CNS(=O)(=O)c1cccc(NC(=O)[C@@H]2C[C@@H]2C(=O)O)c1. The summed E-state index contributed by atoms with van der Waals surface area (Å²) in [6.07, 6.45) is 0.315. The summed E-state index contributed by atoms with van der Waals surface area (Å²) in [5, 5.41) is 11.3. The first-order valence-electron chi connectivity index (χ1n) is 5.92. The maximum absolute atomic E-state index is 11.8. The molecule has 0 spiro atoms. The van der Waals surface area contributed by atoms with Crippen LogP contribution in [-0.4, -0.2) is 32.4 Å². The van der Waals surface area contributed by atoms with E-state index in [4.69, 9.17) is 5.11 Å². The van der Waals surface area contributed by atoms with Gasteiger partial charge in [0, 0.05) is 5.69 Å². The van der Waals surface area contributed by atoms with Crippen molar-refractivity contribution in [3.05, 3.63) is 24.3 Å². The minimum atomic E-state index is -3.58. The molecule has 0 heterocycles. The Morgan fingerprint density at radius 2 is 2.00 bits per heavy atom. The smallest absolute Gasteiger partial charge is 0.307 e. The Balaban J connectivity index is 2.10. The predicted octanol–water partition coefficient (Wildman–Crippen LogP) is 0.254. The molecule has 0 radical (unpaired) electrons. The van der Waals surface area contributed by atoms with Gasteiger partial charge in [-0.15, -0.1) is 0 Å². The van der Waals surface area contributed by atoms with Crippen LogP contribution in [0.2, 0.25) is 0 Å². The first-order valence-corrected chi connectivity index (χ1v) is 7.41. The summed E-state index contributed by atoms with van der Waals surface area (Å²) in [4.78, 5) is 22.5. The topological polar surface area (TPSA) is 113 Å². The molecule has 1 aromatic carbocycles. The number of anilines is 1. The number of hydrogen-bond acceptors (Lipinski definition) is 4. The first-order chi connectivity index (χ1) is 9.35. The Morgan fingerprint density at radius 1 is 1.30 bits per heavy atom. The molecule has 8 heteroatoms. The van der Waals surface area contributed by atoms with Crippen molar-refractivity contribution in [2.24, 2.45) is 11.8 Å². The van der Waals surface area contributed by atoms with E-state index in [9.17, 15) is 18.0 Å². The van der Waals surface area contributed by atoms with Gasteiger partial charge in [-0.25, -0.2) is 13.1 Å². The molecule has 1 aliphatic rings. The van der Waals surface area contributed by atoms with E-state index in [1.54, 1.807) is 6.07 Å². The van der Waals surface area contributed by atoms with Gasteiger partial charge in [0.1, 0.15) is 0 Å². The van der Waals surface area contributed by atoms with Gasteiger partial charge in [-0.2, -0.15) is 0 Å². The highest BCUT2D eigenvalue weighted by atomic mass is 32.2. The lowest BCUT2D eigenvalue weighted by molar-refractivity contribution is -0.139. The third kappa shape index (κ3) is 2.97. The zero-order valence-corrected chi connectivity index (χ0v) is 11.5. The average molecular weight is 298 g/mol. The van der Waals surface area contributed by atoms with Crippen LogP contribution < -0.4 is 10.0 Å². The van der Waals surface area contributed by atoms with Gasteiger partial charge in [0.15, 0.2) is 0 Å². The van der Waals surface area contributed by atoms with Crippen LogP contribution in [0.3, 0.4) is 0 Å². The number of carboxylic acid groups (broad SMARTS) is 1. The van der Waals surface area contributed by atoms with Crippen molar-refractivity contribution in [3.63, 3.8) is 0 Å². The molecule has 3 N–H and O–H groups in total. The fourth-order valence-electron chi connectivity index (χ4n) is 1.85. The zero-order chi connectivity index (χ0) is 14.9. The lowest BCUT2D eigenvalue weighted by Gasteiger charge is -2.07. The molecule has 0 bridgehead atoms. The Kier molecular flexibility index (Phi) is 3.78. The summed E-state index contributed by atoms with van der Waals surface area (Å²) in [6, 6.07) is 5.77. The van der Waals surface area contributed by atoms with Crippen molar-refractivity contribution >= 4 is 27.6 Å². The third-order valence-electron chi connectivity index (χ3n) is 3.13. The molecule has 0 saturated heterocycles. The van der Waals surface area contributed by atoms with Crippen LogP contribution in [-0.2, 0) is 19.6 Å². The van der Waals surface area contributed by atoms with Gasteiger partial charge in [-0.3, -0.25) is 9.59 Å². The van der Waals surface area contributed by atoms with E-state index in [1.807, 2.05) is 0 Å². The molecule has 2 atom stereocenters. The molecule has 0 unspecified atom stereocenters. The lowest BCUT2D eigenvalue weighted by Crippen LogP contribution is -2.20. The van der Waals surface area contributed by atoms with Crippen LogP contribution in [0.4, 0.5) is 5.69 Å². The van der Waals surface area contributed by atoms with Crippen molar-refractivity contribution in [2.75, 3.05) is 12.4 Å². The number of benzene rings is 1. The Morgan fingerprint density at radius 3 is 2.55 bits per heavy atom. The summed E-state index contributed by atoms with van der Waals surface area (Å²) in [5.74, 6) is -2.58. The van der Waals surface area contributed by atoms with E-state index >= 15 is 0 Å². The second kappa shape index (κ2) is 5.22. The van der Waals surface area contributed by atoms with E-state index in [0.29, 0.717) is 12.1 Å². The third-order valence-corrected chi connectivity index (χ3v) is 4.54. The summed E-state index contributed by atoms with van der Waals surface area (Å²) < 4.78 is 25.4. The van der Waals surface area contributed by atoms with Crippen molar-refractivity contribution in [1.82, 2.24) is 4.72 Å². The van der Waals surface area contributed by atoms with E-state index in [-0.39, 0.29) is 4.90 Å². The summed E-state index contributed by atoms with van der Waals surface area (Å²) in [5.41, 5.74) is 0.322. The van der Waals surface area contributed by atoms with E-state index < -0.39 is 33.7 Å². The highest BCUT2D eigenvalue weighted by Gasteiger charge is 2.48. The molecule has 1 aromatic rings. The van der Waals surface area contributed by atoms with Crippen molar-refractivity contribution in [3.8, 4) is 0 Å². The second-order valence-corrected chi connectivity index (χ2v) is 6.40. The van der Waals surface area contributed by atoms with Gasteiger partial charge in [-0.05, 0) is 31.7 Å². The summed E-state index contributed by atoms with van der Waals surface area (Å²) in [6.45, 7) is 0. The minimum absolute atomic E-state index is 0.0309. The van der Waals surface area contributed by atoms with Crippen LogP contribution >= 0.6 is 0 Å². The second-order valence-electron chi connectivity index (χ2n) is 4.51. The molecule has 1 fully saturated rings. The standard InChI is InChI=1S/C12H14N2O5S/c1-13-20(18,19)8-4-2-3-7(5-8)14-11(15)9-6-10(9)12(16)17/h2-5,9-10,13H,6H2,1H3,(H,14,15)(H,16,17)/t9-,10+/m1/s1. The normalized spacial score (nSPS) is 21.2. The molecule has 1 saturated carbocycles. The van der Waals surface area contributed by atoms with Crippen LogP contribution in [0.1, 0.15) is 6.42 Å². The number of carbonyl (C=O) groups is 2. The zero-order valence-electron chi connectivity index (χ0n) is 10.7. The molecule has 7 nitrogen and oxygen atoms in total. The number of rotatable bonds is 5. The number of hydrogen-bond donors (Lipinski definition) is 3. The molecular formula is C12H14N2O5S. The average Bonchev–Trinajstić information content (AvgIpc) is 3.19. The molecule has 1 aliphatic carbocycles. The van der Waals surface area contributed by atoms with Crippen LogP contribution in [0.5, 0.6) is 0 Å². The molecular weight excluding hydrogens is 284 g/mol. The Hall–Kier alpha value is -1.93. The van der Waals surface area contributed by atoms with Crippen molar-refractivity contribution < 1.29 is 23.1 Å². The van der Waals surface area contributed by atoms with Gasteiger partial charge in [0.05, 0.1) is 16.7 Å². The van der Waals surface area contributed by atoms with Crippen molar-refractivity contribution in [2.45, 2.75) is 11.3 Å². The fraction of sp³-hybridized carbons (Fsp3) is 0.333. The van der Waals surface area contributed by atoms with Crippen LogP contribution in [0.25, 0.3) is 0 Å². The first kappa shape index (κ1) is 14.5. The number of nitrogens with one attached hydrogen (secondary N) is 2. The lowest BCUT2D eigenvalue weighted by atomic mass is 10.2. The number of aliphatic carboxylic acids is 1. The largest absolute Gasteiger partial charge is 0.481 e. The molecule has 0 aromatic heterocycles. The Bertz CT molecular complexity index is 656. The van der Waals surface area contributed by atoms with Gasteiger partial charge in [-0.1, -0.05) is 6.07 Å². The number of carboxylic acids is 1. The molecule has 20 heavy (non-hydrogen) atoms. The van der Waals surface area contributed by atoms with Crippen LogP contribution in [0.15, 0.2) is 29.2 Å². The van der Waals surface area contributed by atoms with Gasteiger partial charge in [0.25, 0.3) is 0 Å². The maximum atomic E-state index is 11.8. The highest BCUT2D eigenvalue weighted by Crippen LogP contribution is 2.39. The quantitative estimate of drug-likeness (QED) is 0.721. The number of amides is 1. The van der Waals surface area contributed by atoms with E-state index in [2.05, 4.69) is 10.0 Å². The monoisotopic (exact) mass is 298 g/mol. The fourth-order valence-corrected chi connectivity index (χ4v) is 2.63. The van der Waals surface area contributed by atoms with E-state index in [0.717, 1.165) is 0 Å². The summed E-state index contributed by atoms with van der Waals surface area (Å²) in [7, 11) is -2.29. The molecule has 0 aliphatic heterocycles. The number of sulfonamides is 1. The van der Waals surface area contributed by atoms with Crippen LogP contribution in [0, 0.1) is 11.8 Å². The summed E-state index contributed by atoms with van der Waals surface area (Å²) >= 11 is 0. The van der Waals surface area contributed by atoms with Gasteiger partial charge < -0.3 is 10.4 Å². The number of carbonyl (C=O) groups excluding carboxylic acids is 1. The molecule has 1 amide bonds. The highest BCUT2D eigenvalue weighted by molar-refractivity contribution is 7.89. The molecule has 108 valence electrons. The Labute approximate surface area is 116 Å². The maximum Gasteiger partial charge on any atom is 0.307 e. The van der Waals surface area contributed by atoms with Gasteiger partial charge in [0.2, 0.25) is 15.9 Å². The molecule has 2 rings (SSSR count).